The van der Waals surface area contributed by atoms with E-state index in [1.54, 1.807) is 20.8 Å². The fraction of sp³-hybridized carbons (Fsp3) is 0.846. The third-order valence-corrected chi connectivity index (χ3v) is 4.89. The molecule has 0 saturated heterocycles. The summed E-state index contributed by atoms with van der Waals surface area (Å²) in [5.41, 5.74) is -1.48. The first-order chi connectivity index (χ1) is 9.46. The summed E-state index contributed by atoms with van der Waals surface area (Å²) in [6, 6.07) is 0. The first kappa shape index (κ1) is 19.3. The van der Waals surface area contributed by atoms with E-state index in [0.29, 0.717) is 6.42 Å². The van der Waals surface area contributed by atoms with Crippen LogP contribution >= 0.6 is 7.60 Å². The lowest BCUT2D eigenvalue weighted by Crippen LogP contribution is -2.33. The van der Waals surface area contributed by atoms with Crippen LogP contribution in [0.4, 0.5) is 0 Å². The Balaban J connectivity index is 5.29. The van der Waals surface area contributed by atoms with Gasteiger partial charge in [-0.2, -0.15) is 0 Å². The van der Waals surface area contributed by atoms with Crippen molar-refractivity contribution in [2.45, 2.75) is 52.6 Å². The molecule has 0 rings (SSSR count). The first-order valence-electron chi connectivity index (χ1n) is 7.04. The van der Waals surface area contributed by atoms with Crippen LogP contribution in [0.2, 0.25) is 0 Å². The van der Waals surface area contributed by atoms with E-state index < -0.39 is 25.0 Å². The van der Waals surface area contributed by atoms with Crippen molar-refractivity contribution in [3.8, 4) is 0 Å². The van der Waals surface area contributed by atoms with Crippen molar-refractivity contribution >= 4 is 19.3 Å². The number of carbonyl (C=O) groups is 2. The zero-order valence-corrected chi connectivity index (χ0v) is 13.6. The quantitative estimate of drug-likeness (QED) is 0.332. The van der Waals surface area contributed by atoms with Crippen LogP contribution in [0.1, 0.15) is 47.0 Å². The van der Waals surface area contributed by atoms with Gasteiger partial charge in [0.2, 0.25) is 5.66 Å². The summed E-state index contributed by atoms with van der Waals surface area (Å²) in [5.74, 6) is -1.28. The molecular formula is C13H25O6P. The molecule has 1 unspecified atom stereocenters. The number of esters is 1. The van der Waals surface area contributed by atoms with Crippen LogP contribution in [0, 0.1) is 0 Å². The average Bonchev–Trinajstić information content (AvgIpc) is 2.37. The van der Waals surface area contributed by atoms with Crippen molar-refractivity contribution in [3.05, 3.63) is 0 Å². The van der Waals surface area contributed by atoms with Gasteiger partial charge >= 0.3 is 13.6 Å². The molecule has 20 heavy (non-hydrogen) atoms. The zero-order chi connectivity index (χ0) is 15.6. The third kappa shape index (κ3) is 5.73. The molecular weight excluding hydrogens is 283 g/mol. The Kier molecular flexibility index (Phi) is 9.72. The first-order valence-corrected chi connectivity index (χ1v) is 8.66. The minimum Gasteiger partial charge on any atom is -0.465 e. The number of carbonyl (C=O) groups excluding carboxylic acids is 2. The largest absolute Gasteiger partial charge is 0.465 e. The van der Waals surface area contributed by atoms with Crippen molar-refractivity contribution in [1.82, 2.24) is 0 Å². The molecule has 6 nitrogen and oxygen atoms in total. The number of unbranched alkanes of at least 4 members (excludes halogenated alkanes) is 1. The number of ketones is 1. The van der Waals surface area contributed by atoms with Gasteiger partial charge in [0, 0.05) is 6.42 Å². The van der Waals surface area contributed by atoms with Crippen LogP contribution in [0.5, 0.6) is 0 Å². The molecule has 0 aliphatic heterocycles. The lowest BCUT2D eigenvalue weighted by Gasteiger charge is -2.23. The summed E-state index contributed by atoms with van der Waals surface area (Å²) in [6.07, 6.45) is 1.58. The van der Waals surface area contributed by atoms with Gasteiger partial charge in [-0.3, -0.25) is 14.2 Å². The Morgan fingerprint density at radius 2 is 1.55 bits per heavy atom. The zero-order valence-electron chi connectivity index (χ0n) is 12.7. The highest BCUT2D eigenvalue weighted by Gasteiger charge is 2.46. The summed E-state index contributed by atoms with van der Waals surface area (Å²) < 4.78 is 27.7. The fourth-order valence-corrected chi connectivity index (χ4v) is 3.60. The van der Waals surface area contributed by atoms with Gasteiger partial charge in [-0.25, -0.2) is 0 Å². The van der Waals surface area contributed by atoms with Crippen LogP contribution in [0.25, 0.3) is 0 Å². The predicted molar refractivity (Wildman–Crippen MR) is 75.8 cm³/mol. The molecule has 0 bridgehead atoms. The predicted octanol–water partition coefficient (Wildman–Crippen LogP) is 2.94. The molecule has 0 heterocycles. The van der Waals surface area contributed by atoms with Crippen LogP contribution in [0.15, 0.2) is 0 Å². The molecule has 0 aliphatic carbocycles. The molecule has 0 spiro atoms. The SMILES string of the molecule is CCCCC(=O)C(C(=O)OCC)P(=O)(OCC)OCC. The van der Waals surface area contributed by atoms with Gasteiger partial charge < -0.3 is 13.8 Å². The molecule has 118 valence electrons. The molecule has 0 saturated carbocycles. The van der Waals surface area contributed by atoms with Crippen LogP contribution < -0.4 is 0 Å². The highest BCUT2D eigenvalue weighted by molar-refractivity contribution is 7.57. The third-order valence-electron chi connectivity index (χ3n) is 2.53. The van der Waals surface area contributed by atoms with Crippen molar-refractivity contribution < 1.29 is 27.9 Å². The molecule has 0 aromatic heterocycles. The Hall–Kier alpha value is -0.710. The Labute approximate surface area is 120 Å². The molecule has 7 heteroatoms. The van der Waals surface area contributed by atoms with Crippen LogP contribution in [-0.4, -0.2) is 37.2 Å². The topological polar surface area (TPSA) is 78.9 Å². The molecule has 0 aliphatic rings. The summed E-state index contributed by atoms with van der Waals surface area (Å²) in [5, 5.41) is 0. The molecule has 0 aromatic carbocycles. The smallest absolute Gasteiger partial charge is 0.352 e. The van der Waals surface area contributed by atoms with Gasteiger partial charge in [0.25, 0.3) is 0 Å². The molecule has 0 radical (unpaired) electrons. The number of hydrogen-bond acceptors (Lipinski definition) is 6. The minimum absolute atomic E-state index is 0.0915. The van der Waals surface area contributed by atoms with Crippen LogP contribution in [0.3, 0.4) is 0 Å². The average molecular weight is 308 g/mol. The van der Waals surface area contributed by atoms with Crippen molar-refractivity contribution in [2.24, 2.45) is 0 Å². The van der Waals surface area contributed by atoms with E-state index in [4.69, 9.17) is 13.8 Å². The number of rotatable bonds is 11. The lowest BCUT2D eigenvalue weighted by atomic mass is 10.1. The molecule has 0 fully saturated rings. The molecule has 0 N–H and O–H groups in total. The maximum Gasteiger partial charge on any atom is 0.352 e. The van der Waals surface area contributed by atoms with Crippen molar-refractivity contribution in [2.75, 3.05) is 19.8 Å². The van der Waals surface area contributed by atoms with Crippen LogP contribution in [-0.2, 0) is 27.9 Å². The van der Waals surface area contributed by atoms with Crippen molar-refractivity contribution in [3.63, 3.8) is 0 Å². The normalized spacial score (nSPS) is 13.0. The van der Waals surface area contributed by atoms with E-state index in [1.807, 2.05) is 6.92 Å². The van der Waals surface area contributed by atoms with E-state index in [9.17, 15) is 14.2 Å². The minimum atomic E-state index is -3.84. The van der Waals surface area contributed by atoms with E-state index in [-0.39, 0.29) is 26.2 Å². The monoisotopic (exact) mass is 308 g/mol. The second-order valence-electron chi connectivity index (χ2n) is 4.10. The highest BCUT2D eigenvalue weighted by atomic mass is 31.2. The number of hydrogen-bond donors (Lipinski definition) is 0. The molecule has 0 amide bonds. The summed E-state index contributed by atoms with van der Waals surface area (Å²) in [4.78, 5) is 24.2. The lowest BCUT2D eigenvalue weighted by molar-refractivity contribution is -0.145. The summed E-state index contributed by atoms with van der Waals surface area (Å²) in [7, 11) is -3.84. The van der Waals surface area contributed by atoms with E-state index in [2.05, 4.69) is 0 Å². The van der Waals surface area contributed by atoms with Gasteiger partial charge in [0.05, 0.1) is 19.8 Å². The van der Waals surface area contributed by atoms with E-state index in [0.717, 1.165) is 6.42 Å². The van der Waals surface area contributed by atoms with Crippen molar-refractivity contribution in [1.29, 1.82) is 0 Å². The van der Waals surface area contributed by atoms with E-state index >= 15 is 0 Å². The van der Waals surface area contributed by atoms with Gasteiger partial charge in [-0.15, -0.1) is 0 Å². The van der Waals surface area contributed by atoms with Gasteiger partial charge in [0.1, 0.15) is 0 Å². The Morgan fingerprint density at radius 3 is 1.95 bits per heavy atom. The Morgan fingerprint density at radius 1 is 1.00 bits per heavy atom. The standard InChI is InChI=1S/C13H25O6P/c1-5-9-10-11(14)12(13(15)17-6-2)20(16,18-7-3)19-8-4/h12H,5-10H2,1-4H3. The second kappa shape index (κ2) is 10.1. The maximum atomic E-state index is 12.7. The number of Topliss-reactive ketones (excluding diaryl/α,β-unsaturated/α-hetero) is 1. The summed E-state index contributed by atoms with van der Waals surface area (Å²) >= 11 is 0. The van der Waals surface area contributed by atoms with Gasteiger partial charge in [-0.1, -0.05) is 13.3 Å². The number of ether oxygens (including phenoxy) is 1. The molecule has 1 atom stereocenters. The van der Waals surface area contributed by atoms with Gasteiger partial charge in [-0.05, 0) is 27.2 Å². The van der Waals surface area contributed by atoms with Gasteiger partial charge in [0.15, 0.2) is 5.78 Å². The summed E-state index contributed by atoms with van der Waals surface area (Å²) in [6.45, 7) is 7.10. The Bertz CT molecular complexity index is 345. The second-order valence-corrected chi connectivity index (χ2v) is 6.21. The maximum absolute atomic E-state index is 12.7. The fourth-order valence-electron chi connectivity index (χ4n) is 1.69. The molecule has 0 aromatic rings. The highest BCUT2D eigenvalue weighted by Crippen LogP contribution is 2.54. The van der Waals surface area contributed by atoms with E-state index in [1.165, 1.54) is 0 Å².